The predicted molar refractivity (Wildman–Crippen MR) is 57.6 cm³/mol. The van der Waals surface area contributed by atoms with E-state index in [4.69, 9.17) is 4.74 Å². The van der Waals surface area contributed by atoms with Crippen molar-refractivity contribution in [2.45, 2.75) is 6.92 Å². The molecule has 1 aromatic heterocycles. The zero-order chi connectivity index (χ0) is 11.0. The maximum Gasteiger partial charge on any atom is 0.274 e. The van der Waals surface area contributed by atoms with Crippen molar-refractivity contribution < 1.29 is 9.66 Å². The van der Waals surface area contributed by atoms with Crippen LogP contribution in [-0.4, -0.2) is 17.0 Å². The molecule has 0 saturated carbocycles. The molecule has 0 bridgehead atoms. The number of fused-ring (bicyclic) bond motifs is 1. The Morgan fingerprint density at radius 1 is 1.53 bits per heavy atom. The summed E-state index contributed by atoms with van der Waals surface area (Å²) in [6.45, 7) is 1.86. The lowest BCUT2D eigenvalue weighted by Crippen LogP contribution is -1.90. The number of rotatable bonds is 2. The summed E-state index contributed by atoms with van der Waals surface area (Å²) in [5.74, 6) is 0.448. The normalized spacial score (nSPS) is 10.5. The van der Waals surface area contributed by atoms with Gasteiger partial charge in [0.1, 0.15) is 5.52 Å². The molecule has 78 valence electrons. The standard InChI is InChI=1S/C9H8N2O3S/c1-5-10-9-7(14-2)3-6(11(12)13)4-8(9)15-5/h3-4H,1-2H3. The molecule has 0 spiro atoms. The van der Waals surface area contributed by atoms with Crippen molar-refractivity contribution in [1.82, 2.24) is 4.98 Å². The molecule has 0 radical (unpaired) electrons. The highest BCUT2D eigenvalue weighted by Gasteiger charge is 2.14. The van der Waals surface area contributed by atoms with Crippen molar-refractivity contribution in [2.24, 2.45) is 0 Å². The Bertz CT molecular complexity index is 535. The van der Waals surface area contributed by atoms with Gasteiger partial charge in [-0.3, -0.25) is 10.1 Å². The highest BCUT2D eigenvalue weighted by Crippen LogP contribution is 2.33. The van der Waals surface area contributed by atoms with Gasteiger partial charge in [-0.05, 0) is 6.92 Å². The Labute approximate surface area is 89.5 Å². The number of non-ortho nitro benzene ring substituents is 1. The number of thiazole rings is 1. The molecule has 2 aromatic rings. The van der Waals surface area contributed by atoms with Crippen molar-refractivity contribution >= 4 is 27.2 Å². The summed E-state index contributed by atoms with van der Waals surface area (Å²) in [6, 6.07) is 2.91. The lowest BCUT2D eigenvalue weighted by atomic mass is 10.3. The molecule has 0 saturated heterocycles. The SMILES string of the molecule is COc1cc([N+](=O)[O-])cc2sc(C)nc12. The fraction of sp³-hybridized carbons (Fsp3) is 0.222. The van der Waals surface area contributed by atoms with Crippen molar-refractivity contribution in [2.75, 3.05) is 7.11 Å². The number of ether oxygens (including phenoxy) is 1. The first-order valence-corrected chi connectivity index (χ1v) is 5.03. The van der Waals surface area contributed by atoms with Crippen molar-refractivity contribution in [1.29, 1.82) is 0 Å². The zero-order valence-electron chi connectivity index (χ0n) is 8.18. The molecule has 2 rings (SSSR count). The van der Waals surface area contributed by atoms with Gasteiger partial charge in [0.05, 0.1) is 27.8 Å². The van der Waals surface area contributed by atoms with Gasteiger partial charge in [-0.2, -0.15) is 0 Å². The number of methoxy groups -OCH3 is 1. The average molecular weight is 224 g/mol. The Balaban J connectivity index is 2.76. The Kier molecular flexibility index (Phi) is 2.28. The van der Waals surface area contributed by atoms with Gasteiger partial charge in [-0.15, -0.1) is 11.3 Å². The van der Waals surface area contributed by atoms with Crippen LogP contribution in [0.3, 0.4) is 0 Å². The smallest absolute Gasteiger partial charge is 0.274 e. The number of nitrogens with zero attached hydrogens (tertiary/aromatic N) is 2. The number of benzene rings is 1. The highest BCUT2D eigenvalue weighted by molar-refractivity contribution is 7.18. The molecule has 1 heterocycles. The average Bonchev–Trinajstić information content (AvgIpc) is 2.56. The number of nitro benzene ring substituents is 1. The van der Waals surface area contributed by atoms with Crippen molar-refractivity contribution in [3.63, 3.8) is 0 Å². The van der Waals surface area contributed by atoms with Crippen LogP contribution in [0.2, 0.25) is 0 Å². The van der Waals surface area contributed by atoms with Crippen LogP contribution in [0.1, 0.15) is 5.01 Å². The van der Waals surface area contributed by atoms with Crippen LogP contribution in [0.25, 0.3) is 10.2 Å². The predicted octanol–water partition coefficient (Wildman–Crippen LogP) is 2.52. The van der Waals surface area contributed by atoms with Crippen LogP contribution >= 0.6 is 11.3 Å². The van der Waals surface area contributed by atoms with Crippen LogP contribution in [-0.2, 0) is 0 Å². The van der Waals surface area contributed by atoms with Gasteiger partial charge in [0.15, 0.2) is 5.75 Å². The molecule has 15 heavy (non-hydrogen) atoms. The van der Waals surface area contributed by atoms with E-state index < -0.39 is 4.92 Å². The first kappa shape index (κ1) is 9.85. The van der Waals surface area contributed by atoms with Gasteiger partial charge < -0.3 is 4.74 Å². The highest BCUT2D eigenvalue weighted by atomic mass is 32.1. The van der Waals surface area contributed by atoms with E-state index in [0.29, 0.717) is 11.3 Å². The molecule has 0 atom stereocenters. The second-order valence-electron chi connectivity index (χ2n) is 2.98. The maximum atomic E-state index is 10.7. The summed E-state index contributed by atoms with van der Waals surface area (Å²) in [5, 5.41) is 11.5. The molecule has 0 fully saturated rings. The van der Waals surface area contributed by atoms with E-state index in [0.717, 1.165) is 9.71 Å². The lowest BCUT2D eigenvalue weighted by Gasteiger charge is -1.99. The fourth-order valence-corrected chi connectivity index (χ4v) is 2.23. The quantitative estimate of drug-likeness (QED) is 0.580. The third kappa shape index (κ3) is 1.63. The molecule has 0 amide bonds. The number of nitro groups is 1. The fourth-order valence-electron chi connectivity index (χ4n) is 1.36. The van der Waals surface area contributed by atoms with E-state index >= 15 is 0 Å². The van der Waals surface area contributed by atoms with E-state index in [-0.39, 0.29) is 5.69 Å². The summed E-state index contributed by atoms with van der Waals surface area (Å²) in [7, 11) is 1.48. The van der Waals surface area contributed by atoms with E-state index in [2.05, 4.69) is 4.98 Å². The summed E-state index contributed by atoms with van der Waals surface area (Å²) < 4.78 is 5.85. The first-order chi connectivity index (χ1) is 7.11. The molecule has 6 heteroatoms. The van der Waals surface area contributed by atoms with Gasteiger partial charge >= 0.3 is 0 Å². The largest absolute Gasteiger partial charge is 0.494 e. The van der Waals surface area contributed by atoms with Crippen LogP contribution < -0.4 is 4.74 Å². The Hall–Kier alpha value is -1.69. The summed E-state index contributed by atoms with van der Waals surface area (Å²) in [4.78, 5) is 14.5. The first-order valence-electron chi connectivity index (χ1n) is 4.21. The topological polar surface area (TPSA) is 65.3 Å². The Morgan fingerprint density at radius 3 is 2.87 bits per heavy atom. The summed E-state index contributed by atoms with van der Waals surface area (Å²) in [6.07, 6.45) is 0. The van der Waals surface area contributed by atoms with Gasteiger partial charge in [-0.1, -0.05) is 0 Å². The van der Waals surface area contributed by atoms with E-state index in [9.17, 15) is 10.1 Å². The minimum Gasteiger partial charge on any atom is -0.494 e. The molecule has 0 aliphatic rings. The number of hydrogen-bond acceptors (Lipinski definition) is 5. The zero-order valence-corrected chi connectivity index (χ0v) is 9.00. The number of aromatic nitrogens is 1. The summed E-state index contributed by atoms with van der Waals surface area (Å²) in [5.41, 5.74) is 0.716. The third-order valence-electron chi connectivity index (χ3n) is 1.98. The van der Waals surface area contributed by atoms with Gasteiger partial charge in [0, 0.05) is 6.07 Å². The lowest BCUT2D eigenvalue weighted by molar-refractivity contribution is -0.384. The van der Waals surface area contributed by atoms with Gasteiger partial charge in [0.25, 0.3) is 5.69 Å². The van der Waals surface area contributed by atoms with Crippen LogP contribution in [0.15, 0.2) is 12.1 Å². The van der Waals surface area contributed by atoms with E-state index in [1.165, 1.54) is 30.6 Å². The molecule has 0 aliphatic heterocycles. The summed E-state index contributed by atoms with van der Waals surface area (Å²) >= 11 is 1.42. The third-order valence-corrected chi connectivity index (χ3v) is 2.90. The van der Waals surface area contributed by atoms with Crippen LogP contribution in [0.4, 0.5) is 5.69 Å². The van der Waals surface area contributed by atoms with Crippen LogP contribution in [0.5, 0.6) is 5.75 Å². The minimum atomic E-state index is -0.434. The van der Waals surface area contributed by atoms with E-state index in [1.807, 2.05) is 6.92 Å². The monoisotopic (exact) mass is 224 g/mol. The maximum absolute atomic E-state index is 10.7. The molecule has 0 unspecified atom stereocenters. The number of aryl methyl sites for hydroxylation is 1. The van der Waals surface area contributed by atoms with Gasteiger partial charge in [0.2, 0.25) is 0 Å². The molecule has 0 N–H and O–H groups in total. The minimum absolute atomic E-state index is 0.0306. The second-order valence-corrected chi connectivity index (χ2v) is 4.22. The van der Waals surface area contributed by atoms with Crippen molar-refractivity contribution in [3.05, 3.63) is 27.3 Å². The Morgan fingerprint density at radius 2 is 2.27 bits per heavy atom. The number of hydrogen-bond donors (Lipinski definition) is 0. The molecule has 1 aromatic carbocycles. The van der Waals surface area contributed by atoms with E-state index in [1.54, 1.807) is 0 Å². The molecule has 5 nitrogen and oxygen atoms in total. The van der Waals surface area contributed by atoms with Crippen LogP contribution in [0, 0.1) is 17.0 Å². The molecular weight excluding hydrogens is 216 g/mol. The van der Waals surface area contributed by atoms with Crippen molar-refractivity contribution in [3.8, 4) is 5.75 Å². The second kappa shape index (κ2) is 3.47. The molecular formula is C9H8N2O3S. The molecule has 0 aliphatic carbocycles. The van der Waals surface area contributed by atoms with Gasteiger partial charge in [-0.25, -0.2) is 4.98 Å².